The van der Waals surface area contributed by atoms with Crippen LogP contribution in [0.25, 0.3) is 0 Å². The van der Waals surface area contributed by atoms with Crippen LogP contribution in [0.4, 0.5) is 0 Å². The summed E-state index contributed by atoms with van der Waals surface area (Å²) in [5, 5.41) is 4.93. The molecule has 4 nitrogen and oxygen atoms in total. The molecule has 1 aliphatic heterocycles. The van der Waals surface area contributed by atoms with Gasteiger partial charge in [-0.15, -0.1) is 0 Å². The Morgan fingerprint density at radius 2 is 2.57 bits per heavy atom. The Morgan fingerprint density at radius 1 is 1.71 bits per heavy atom. The monoisotopic (exact) mass is 259 g/mol. The van der Waals surface area contributed by atoms with E-state index in [9.17, 15) is 0 Å². The zero-order valence-corrected chi connectivity index (χ0v) is 9.83. The third-order valence-electron chi connectivity index (χ3n) is 2.71. The lowest BCUT2D eigenvalue weighted by Crippen LogP contribution is -2.33. The SMILES string of the molecule is Cn1ncnc1CC1(CBr)CCCO1. The molecule has 1 atom stereocenters. The van der Waals surface area contributed by atoms with Gasteiger partial charge in [0.25, 0.3) is 0 Å². The Hall–Kier alpha value is -0.420. The average molecular weight is 260 g/mol. The average Bonchev–Trinajstić information content (AvgIpc) is 2.79. The molecule has 78 valence electrons. The second-order valence-corrected chi connectivity index (χ2v) is 4.31. The topological polar surface area (TPSA) is 39.9 Å². The maximum atomic E-state index is 5.79. The van der Waals surface area contributed by atoms with Crippen molar-refractivity contribution in [2.75, 3.05) is 11.9 Å². The molecule has 14 heavy (non-hydrogen) atoms. The molecule has 1 aliphatic rings. The minimum atomic E-state index is -0.0548. The van der Waals surface area contributed by atoms with Gasteiger partial charge in [-0.2, -0.15) is 5.10 Å². The fourth-order valence-electron chi connectivity index (χ4n) is 1.82. The summed E-state index contributed by atoms with van der Waals surface area (Å²) in [6.07, 6.45) is 4.68. The molecule has 2 rings (SSSR count). The van der Waals surface area contributed by atoms with Crippen LogP contribution in [-0.2, 0) is 18.2 Å². The first-order chi connectivity index (χ1) is 6.76. The van der Waals surface area contributed by atoms with Gasteiger partial charge in [-0.1, -0.05) is 15.9 Å². The third-order valence-corrected chi connectivity index (χ3v) is 3.74. The Bertz CT molecular complexity index is 307. The van der Waals surface area contributed by atoms with Gasteiger partial charge >= 0.3 is 0 Å². The van der Waals surface area contributed by atoms with Crippen molar-refractivity contribution < 1.29 is 4.74 Å². The molecule has 1 aromatic heterocycles. The molecule has 0 saturated carbocycles. The van der Waals surface area contributed by atoms with E-state index in [-0.39, 0.29) is 5.60 Å². The van der Waals surface area contributed by atoms with Crippen LogP contribution in [0.5, 0.6) is 0 Å². The van der Waals surface area contributed by atoms with E-state index in [2.05, 4.69) is 26.0 Å². The summed E-state index contributed by atoms with van der Waals surface area (Å²) >= 11 is 3.52. The molecule has 0 N–H and O–H groups in total. The number of aryl methyl sites for hydroxylation is 1. The Labute approximate surface area is 91.8 Å². The summed E-state index contributed by atoms with van der Waals surface area (Å²) in [4.78, 5) is 4.22. The summed E-state index contributed by atoms with van der Waals surface area (Å²) in [6.45, 7) is 0.865. The predicted molar refractivity (Wildman–Crippen MR) is 56.4 cm³/mol. The number of ether oxygens (including phenoxy) is 1. The van der Waals surface area contributed by atoms with Crippen molar-refractivity contribution in [3.8, 4) is 0 Å². The molecule has 0 aliphatic carbocycles. The predicted octanol–water partition coefficient (Wildman–Crippen LogP) is 1.30. The van der Waals surface area contributed by atoms with E-state index in [0.29, 0.717) is 0 Å². The lowest BCUT2D eigenvalue weighted by Gasteiger charge is -2.25. The van der Waals surface area contributed by atoms with E-state index >= 15 is 0 Å². The van der Waals surface area contributed by atoms with Crippen LogP contribution in [0, 0.1) is 0 Å². The molecular weight excluding hydrogens is 246 g/mol. The van der Waals surface area contributed by atoms with Gasteiger partial charge in [0.05, 0.1) is 5.60 Å². The standard InChI is InChI=1S/C9H14BrN3O/c1-13-8(11-7-12-13)5-9(6-10)3-2-4-14-9/h7H,2-6H2,1H3. The first-order valence-corrected chi connectivity index (χ1v) is 5.91. The molecule has 1 fully saturated rings. The minimum Gasteiger partial charge on any atom is -0.374 e. The second kappa shape index (κ2) is 3.98. The molecular formula is C9H14BrN3O. The van der Waals surface area contributed by atoms with E-state index in [4.69, 9.17) is 4.74 Å². The summed E-state index contributed by atoms with van der Waals surface area (Å²) in [5.74, 6) is 0.992. The van der Waals surface area contributed by atoms with Gasteiger partial charge in [0.15, 0.2) is 0 Å². The Morgan fingerprint density at radius 3 is 3.07 bits per heavy atom. The van der Waals surface area contributed by atoms with Gasteiger partial charge in [-0.05, 0) is 12.8 Å². The molecule has 1 aromatic rings. The van der Waals surface area contributed by atoms with Crippen LogP contribution in [0.3, 0.4) is 0 Å². The number of hydrogen-bond acceptors (Lipinski definition) is 3. The quantitative estimate of drug-likeness (QED) is 0.769. The largest absolute Gasteiger partial charge is 0.374 e. The highest BCUT2D eigenvalue weighted by Gasteiger charge is 2.35. The zero-order valence-electron chi connectivity index (χ0n) is 8.24. The van der Waals surface area contributed by atoms with Crippen molar-refractivity contribution in [1.82, 2.24) is 14.8 Å². The number of halogens is 1. The van der Waals surface area contributed by atoms with Crippen LogP contribution in [-0.4, -0.2) is 32.3 Å². The normalized spacial score (nSPS) is 27.0. The van der Waals surface area contributed by atoms with Crippen LogP contribution >= 0.6 is 15.9 Å². The molecule has 5 heteroatoms. The number of alkyl halides is 1. The van der Waals surface area contributed by atoms with Crippen LogP contribution < -0.4 is 0 Å². The maximum Gasteiger partial charge on any atom is 0.138 e. The summed E-state index contributed by atoms with van der Waals surface area (Å²) < 4.78 is 7.60. The van der Waals surface area contributed by atoms with Crippen molar-refractivity contribution in [2.24, 2.45) is 7.05 Å². The number of rotatable bonds is 3. The first-order valence-electron chi connectivity index (χ1n) is 4.79. The molecule has 1 saturated heterocycles. The zero-order chi connectivity index (χ0) is 10.0. The molecule has 0 bridgehead atoms. The Balaban J connectivity index is 2.12. The third kappa shape index (κ3) is 1.83. The molecule has 0 amide bonds. The van der Waals surface area contributed by atoms with Crippen LogP contribution in [0.1, 0.15) is 18.7 Å². The van der Waals surface area contributed by atoms with E-state index in [1.54, 1.807) is 6.33 Å². The van der Waals surface area contributed by atoms with E-state index < -0.39 is 0 Å². The highest BCUT2D eigenvalue weighted by Crippen LogP contribution is 2.30. The van der Waals surface area contributed by atoms with Crippen LogP contribution in [0.2, 0.25) is 0 Å². The summed E-state index contributed by atoms with van der Waals surface area (Å²) in [6, 6.07) is 0. The van der Waals surface area contributed by atoms with Crippen molar-refractivity contribution in [2.45, 2.75) is 24.9 Å². The first kappa shape index (κ1) is 10.1. The lowest BCUT2D eigenvalue weighted by atomic mass is 9.98. The fraction of sp³-hybridized carbons (Fsp3) is 0.778. The van der Waals surface area contributed by atoms with Gasteiger partial charge < -0.3 is 4.74 Å². The minimum absolute atomic E-state index is 0.0548. The van der Waals surface area contributed by atoms with Gasteiger partial charge in [0.1, 0.15) is 12.2 Å². The smallest absolute Gasteiger partial charge is 0.138 e. The molecule has 2 heterocycles. The van der Waals surface area contributed by atoms with E-state index in [0.717, 1.165) is 37.0 Å². The lowest BCUT2D eigenvalue weighted by molar-refractivity contribution is 0.0237. The van der Waals surface area contributed by atoms with Crippen LogP contribution in [0.15, 0.2) is 6.33 Å². The molecule has 0 radical (unpaired) electrons. The summed E-state index contributed by atoms with van der Waals surface area (Å²) in [7, 11) is 1.92. The van der Waals surface area contributed by atoms with Crippen molar-refractivity contribution in [1.29, 1.82) is 0 Å². The fourth-order valence-corrected chi connectivity index (χ4v) is 2.46. The van der Waals surface area contributed by atoms with Gasteiger partial charge in [-0.3, -0.25) is 4.68 Å². The van der Waals surface area contributed by atoms with Gasteiger partial charge in [0.2, 0.25) is 0 Å². The maximum absolute atomic E-state index is 5.79. The van der Waals surface area contributed by atoms with E-state index in [1.807, 2.05) is 11.7 Å². The van der Waals surface area contributed by atoms with Crippen molar-refractivity contribution in [3.63, 3.8) is 0 Å². The Kier molecular flexibility index (Phi) is 2.88. The van der Waals surface area contributed by atoms with Crippen molar-refractivity contribution in [3.05, 3.63) is 12.2 Å². The van der Waals surface area contributed by atoms with E-state index in [1.165, 1.54) is 0 Å². The highest BCUT2D eigenvalue weighted by molar-refractivity contribution is 9.09. The van der Waals surface area contributed by atoms with Gasteiger partial charge in [0, 0.05) is 25.4 Å². The molecule has 0 aromatic carbocycles. The van der Waals surface area contributed by atoms with Gasteiger partial charge in [-0.25, -0.2) is 4.98 Å². The number of hydrogen-bond donors (Lipinski definition) is 0. The highest BCUT2D eigenvalue weighted by atomic mass is 79.9. The molecule has 0 spiro atoms. The summed E-state index contributed by atoms with van der Waals surface area (Å²) in [5.41, 5.74) is -0.0548. The second-order valence-electron chi connectivity index (χ2n) is 3.75. The molecule has 1 unspecified atom stereocenters. The number of aromatic nitrogens is 3. The van der Waals surface area contributed by atoms with Crippen molar-refractivity contribution >= 4 is 15.9 Å². The number of nitrogens with zero attached hydrogens (tertiary/aromatic N) is 3.